The number of aliphatic hydroxyl groups excluding tert-OH is 1. The SMILES string of the molecule is C[C@H](c1ccccc1)n1c(SC[C@H](O)CN2CCOCC2)nc2ccccc2c1=O. The molecule has 2 aromatic carbocycles. The number of β-amino-alcohol motifs (C(OH)–C–C–N with tert-alkyl or cyclic N) is 1. The third kappa shape index (κ3) is 4.75. The van der Waals surface area contributed by atoms with Gasteiger partial charge in [-0.25, -0.2) is 4.98 Å². The maximum atomic E-state index is 13.4. The summed E-state index contributed by atoms with van der Waals surface area (Å²) in [7, 11) is 0. The van der Waals surface area contributed by atoms with Crippen LogP contribution in [0, 0.1) is 0 Å². The van der Waals surface area contributed by atoms with Crippen molar-refractivity contribution in [3.05, 3.63) is 70.5 Å². The molecule has 158 valence electrons. The van der Waals surface area contributed by atoms with E-state index in [9.17, 15) is 9.90 Å². The number of thioether (sulfide) groups is 1. The number of fused-ring (bicyclic) bond motifs is 1. The average molecular weight is 426 g/mol. The largest absolute Gasteiger partial charge is 0.391 e. The Labute approximate surface area is 180 Å². The van der Waals surface area contributed by atoms with Gasteiger partial charge in [0.15, 0.2) is 5.16 Å². The maximum Gasteiger partial charge on any atom is 0.262 e. The fraction of sp³-hybridized carbons (Fsp3) is 0.391. The van der Waals surface area contributed by atoms with Crippen LogP contribution in [-0.2, 0) is 4.74 Å². The van der Waals surface area contributed by atoms with Crippen LogP contribution in [0.15, 0.2) is 64.5 Å². The molecule has 30 heavy (non-hydrogen) atoms. The number of rotatable bonds is 7. The van der Waals surface area contributed by atoms with Crippen LogP contribution in [0.2, 0.25) is 0 Å². The summed E-state index contributed by atoms with van der Waals surface area (Å²) in [6.45, 7) is 5.71. The van der Waals surface area contributed by atoms with E-state index in [-0.39, 0.29) is 11.6 Å². The topological polar surface area (TPSA) is 67.6 Å². The van der Waals surface area contributed by atoms with Gasteiger partial charge in [0.25, 0.3) is 5.56 Å². The molecule has 1 aromatic heterocycles. The summed E-state index contributed by atoms with van der Waals surface area (Å²) in [5.41, 5.74) is 1.68. The lowest BCUT2D eigenvalue weighted by molar-refractivity contribution is 0.0188. The number of para-hydroxylation sites is 1. The number of ether oxygens (including phenoxy) is 1. The molecule has 0 spiro atoms. The van der Waals surface area contributed by atoms with Crippen LogP contribution in [-0.4, -0.2) is 64.3 Å². The minimum absolute atomic E-state index is 0.0536. The summed E-state index contributed by atoms with van der Waals surface area (Å²) in [6.07, 6.45) is -0.503. The number of aliphatic hydroxyl groups is 1. The number of hydrogen-bond donors (Lipinski definition) is 1. The van der Waals surface area contributed by atoms with Gasteiger partial charge in [0.1, 0.15) is 0 Å². The molecule has 4 rings (SSSR count). The van der Waals surface area contributed by atoms with Gasteiger partial charge in [0.05, 0.1) is 36.3 Å². The zero-order valence-electron chi connectivity index (χ0n) is 17.1. The van der Waals surface area contributed by atoms with Crippen LogP contribution in [0.4, 0.5) is 0 Å². The van der Waals surface area contributed by atoms with Gasteiger partial charge in [-0.05, 0) is 24.6 Å². The van der Waals surface area contributed by atoms with Crippen molar-refractivity contribution in [3.8, 4) is 0 Å². The molecule has 3 aromatic rings. The monoisotopic (exact) mass is 425 g/mol. The molecule has 1 aliphatic heterocycles. The van der Waals surface area contributed by atoms with Crippen LogP contribution in [0.5, 0.6) is 0 Å². The van der Waals surface area contributed by atoms with Crippen molar-refractivity contribution in [3.63, 3.8) is 0 Å². The van der Waals surface area contributed by atoms with Gasteiger partial charge < -0.3 is 9.84 Å². The molecule has 6 nitrogen and oxygen atoms in total. The first-order valence-electron chi connectivity index (χ1n) is 10.3. The Morgan fingerprint density at radius 1 is 1.10 bits per heavy atom. The summed E-state index contributed by atoms with van der Waals surface area (Å²) < 4.78 is 7.13. The fourth-order valence-corrected chi connectivity index (χ4v) is 4.74. The minimum atomic E-state index is -0.503. The molecule has 1 saturated heterocycles. The zero-order valence-corrected chi connectivity index (χ0v) is 17.9. The lowest BCUT2D eigenvalue weighted by atomic mass is 10.1. The molecule has 0 aliphatic carbocycles. The van der Waals surface area contributed by atoms with Gasteiger partial charge >= 0.3 is 0 Å². The Kier molecular flexibility index (Phi) is 6.84. The Bertz CT molecular complexity index is 1030. The van der Waals surface area contributed by atoms with E-state index in [0.29, 0.717) is 41.6 Å². The second kappa shape index (κ2) is 9.75. The van der Waals surface area contributed by atoms with Crippen LogP contribution in [0.1, 0.15) is 18.5 Å². The first-order valence-corrected chi connectivity index (χ1v) is 11.3. The number of aromatic nitrogens is 2. The Hall–Kier alpha value is -2.19. The minimum Gasteiger partial charge on any atom is -0.391 e. The second-order valence-corrected chi connectivity index (χ2v) is 8.54. The fourth-order valence-electron chi connectivity index (χ4n) is 3.75. The first-order chi connectivity index (χ1) is 14.6. The lowest BCUT2D eigenvalue weighted by Gasteiger charge is -2.28. The number of morpholine rings is 1. The van der Waals surface area contributed by atoms with Crippen LogP contribution in [0.25, 0.3) is 10.9 Å². The molecule has 0 saturated carbocycles. The Morgan fingerprint density at radius 2 is 1.80 bits per heavy atom. The highest BCUT2D eigenvalue weighted by Crippen LogP contribution is 2.25. The van der Waals surface area contributed by atoms with E-state index in [4.69, 9.17) is 9.72 Å². The molecule has 1 aliphatic rings. The van der Waals surface area contributed by atoms with E-state index in [2.05, 4.69) is 4.90 Å². The van der Waals surface area contributed by atoms with Crippen LogP contribution in [0.3, 0.4) is 0 Å². The molecule has 2 heterocycles. The van der Waals surface area contributed by atoms with Crippen molar-refractivity contribution >= 4 is 22.7 Å². The van der Waals surface area contributed by atoms with Gasteiger partial charge in [-0.2, -0.15) is 0 Å². The molecular weight excluding hydrogens is 398 g/mol. The van der Waals surface area contributed by atoms with Crippen LogP contribution < -0.4 is 5.56 Å². The predicted octanol–water partition coefficient (Wildman–Crippen LogP) is 2.79. The predicted molar refractivity (Wildman–Crippen MR) is 120 cm³/mol. The Morgan fingerprint density at radius 3 is 2.57 bits per heavy atom. The summed E-state index contributed by atoms with van der Waals surface area (Å²) in [6, 6.07) is 17.2. The molecule has 0 bridgehead atoms. The molecule has 0 unspecified atom stereocenters. The van der Waals surface area contributed by atoms with Gasteiger partial charge in [-0.15, -0.1) is 0 Å². The lowest BCUT2D eigenvalue weighted by Crippen LogP contribution is -2.41. The highest BCUT2D eigenvalue weighted by molar-refractivity contribution is 7.99. The highest BCUT2D eigenvalue weighted by Gasteiger charge is 2.20. The van der Waals surface area contributed by atoms with Gasteiger partial charge in [-0.3, -0.25) is 14.3 Å². The molecular formula is C23H27N3O3S. The summed E-state index contributed by atoms with van der Waals surface area (Å²) in [4.78, 5) is 20.3. The van der Waals surface area contributed by atoms with Crippen molar-refractivity contribution in [2.45, 2.75) is 24.2 Å². The molecule has 7 heteroatoms. The molecule has 0 radical (unpaired) electrons. The van der Waals surface area contributed by atoms with Gasteiger partial charge in [0, 0.05) is 25.4 Å². The molecule has 0 amide bonds. The highest BCUT2D eigenvalue weighted by atomic mass is 32.2. The van der Waals surface area contributed by atoms with Crippen LogP contribution >= 0.6 is 11.8 Å². The molecule has 1 N–H and O–H groups in total. The number of benzene rings is 2. The summed E-state index contributed by atoms with van der Waals surface area (Å²) in [5.74, 6) is 0.476. The number of nitrogens with zero attached hydrogens (tertiary/aromatic N) is 3. The first kappa shape index (κ1) is 21.1. The third-order valence-electron chi connectivity index (χ3n) is 5.42. The standard InChI is InChI=1S/C23H27N3O3S/c1-17(18-7-3-2-4-8-18)26-22(28)20-9-5-6-10-21(20)24-23(26)30-16-19(27)15-25-11-13-29-14-12-25/h2-10,17,19,27H,11-16H2,1H3/t17-,19-/m1/s1. The molecule has 1 fully saturated rings. The normalized spacial score (nSPS) is 17.1. The van der Waals surface area contributed by atoms with E-state index in [1.54, 1.807) is 4.57 Å². The zero-order chi connectivity index (χ0) is 20.9. The van der Waals surface area contributed by atoms with Gasteiger partial charge in [-0.1, -0.05) is 54.2 Å². The summed E-state index contributed by atoms with van der Waals surface area (Å²) >= 11 is 1.44. The van der Waals surface area contributed by atoms with E-state index in [1.807, 2.05) is 61.5 Å². The Balaban J connectivity index is 1.61. The quantitative estimate of drug-likeness (QED) is 0.464. The van der Waals surface area contributed by atoms with Crippen molar-refractivity contribution in [2.75, 3.05) is 38.6 Å². The second-order valence-electron chi connectivity index (χ2n) is 7.55. The van der Waals surface area contributed by atoms with Crippen molar-refractivity contribution in [1.82, 2.24) is 14.5 Å². The van der Waals surface area contributed by atoms with Gasteiger partial charge in [0.2, 0.25) is 0 Å². The van der Waals surface area contributed by atoms with Crippen molar-refractivity contribution in [2.24, 2.45) is 0 Å². The van der Waals surface area contributed by atoms with Crippen molar-refractivity contribution in [1.29, 1.82) is 0 Å². The summed E-state index contributed by atoms with van der Waals surface area (Å²) in [5, 5.41) is 11.8. The smallest absolute Gasteiger partial charge is 0.262 e. The third-order valence-corrected chi connectivity index (χ3v) is 6.52. The van der Waals surface area contributed by atoms with E-state index < -0.39 is 6.10 Å². The number of hydrogen-bond acceptors (Lipinski definition) is 6. The maximum absolute atomic E-state index is 13.4. The average Bonchev–Trinajstić information content (AvgIpc) is 2.79. The van der Waals surface area contributed by atoms with E-state index >= 15 is 0 Å². The van der Waals surface area contributed by atoms with E-state index in [0.717, 1.165) is 18.7 Å². The van der Waals surface area contributed by atoms with E-state index in [1.165, 1.54) is 11.8 Å². The molecule has 2 atom stereocenters. The van der Waals surface area contributed by atoms with Crippen molar-refractivity contribution < 1.29 is 9.84 Å².